The average Bonchev–Trinajstić information content (AvgIpc) is 2.21. The number of nitrogens with zero attached hydrogens (tertiary/aromatic N) is 1. The Morgan fingerprint density at radius 1 is 1.57 bits per heavy atom. The molecule has 1 heterocycles. The molecule has 1 rings (SSSR count). The predicted molar refractivity (Wildman–Crippen MR) is 60.9 cm³/mol. The maximum absolute atomic E-state index is 6.05. The van der Waals surface area contributed by atoms with Crippen molar-refractivity contribution in [3.05, 3.63) is 0 Å². The Labute approximate surface area is 87.8 Å². The van der Waals surface area contributed by atoms with Crippen LogP contribution in [0.5, 0.6) is 0 Å². The topological polar surface area (TPSA) is 29.3 Å². The van der Waals surface area contributed by atoms with Gasteiger partial charge in [0.2, 0.25) is 0 Å². The SMILES string of the molecule is C#CCCCN1CCC(N)C(CC)C1. The van der Waals surface area contributed by atoms with Gasteiger partial charge in [-0.1, -0.05) is 13.3 Å². The van der Waals surface area contributed by atoms with Crippen LogP contribution in [-0.2, 0) is 0 Å². The van der Waals surface area contributed by atoms with Crippen molar-refractivity contribution in [1.82, 2.24) is 4.90 Å². The van der Waals surface area contributed by atoms with Crippen LogP contribution in [0.1, 0.15) is 32.6 Å². The maximum atomic E-state index is 6.05. The lowest BCUT2D eigenvalue weighted by Gasteiger charge is -2.36. The lowest BCUT2D eigenvalue weighted by atomic mass is 9.90. The first kappa shape index (κ1) is 11.6. The predicted octanol–water partition coefficient (Wildman–Crippen LogP) is 1.46. The molecule has 2 atom stereocenters. The van der Waals surface area contributed by atoms with Gasteiger partial charge in [-0.15, -0.1) is 12.3 Å². The molecule has 2 N–H and O–H groups in total. The summed E-state index contributed by atoms with van der Waals surface area (Å²) in [7, 11) is 0. The lowest BCUT2D eigenvalue weighted by molar-refractivity contribution is 0.151. The summed E-state index contributed by atoms with van der Waals surface area (Å²) in [5, 5.41) is 0. The monoisotopic (exact) mass is 194 g/mol. The van der Waals surface area contributed by atoms with Gasteiger partial charge in [0.25, 0.3) is 0 Å². The van der Waals surface area contributed by atoms with Crippen LogP contribution in [0.25, 0.3) is 0 Å². The van der Waals surface area contributed by atoms with Crippen molar-refractivity contribution >= 4 is 0 Å². The van der Waals surface area contributed by atoms with Crippen LogP contribution in [0.15, 0.2) is 0 Å². The fourth-order valence-corrected chi connectivity index (χ4v) is 2.17. The van der Waals surface area contributed by atoms with Crippen LogP contribution < -0.4 is 5.73 Å². The van der Waals surface area contributed by atoms with Crippen LogP contribution in [0.2, 0.25) is 0 Å². The molecule has 0 aromatic rings. The van der Waals surface area contributed by atoms with Crippen molar-refractivity contribution in [3.63, 3.8) is 0 Å². The number of rotatable bonds is 4. The van der Waals surface area contributed by atoms with Crippen molar-refractivity contribution < 1.29 is 0 Å². The Kier molecular flexibility index (Phi) is 5.00. The first-order chi connectivity index (χ1) is 6.77. The largest absolute Gasteiger partial charge is 0.327 e. The van der Waals surface area contributed by atoms with Gasteiger partial charge in [-0.05, 0) is 31.8 Å². The molecule has 0 radical (unpaired) electrons. The van der Waals surface area contributed by atoms with E-state index in [1.54, 1.807) is 0 Å². The molecule has 1 aliphatic rings. The number of likely N-dealkylation sites (tertiary alicyclic amines) is 1. The molecule has 0 aromatic carbocycles. The van der Waals surface area contributed by atoms with Gasteiger partial charge in [-0.3, -0.25) is 0 Å². The van der Waals surface area contributed by atoms with Gasteiger partial charge in [-0.25, -0.2) is 0 Å². The van der Waals surface area contributed by atoms with Crippen molar-refractivity contribution in [2.45, 2.75) is 38.6 Å². The molecule has 2 heteroatoms. The lowest BCUT2D eigenvalue weighted by Crippen LogP contribution is -2.47. The van der Waals surface area contributed by atoms with E-state index in [-0.39, 0.29) is 0 Å². The van der Waals surface area contributed by atoms with E-state index in [9.17, 15) is 0 Å². The van der Waals surface area contributed by atoms with E-state index in [1.807, 2.05) is 0 Å². The Morgan fingerprint density at radius 3 is 3.00 bits per heavy atom. The Hall–Kier alpha value is -0.520. The maximum Gasteiger partial charge on any atom is 0.00982 e. The summed E-state index contributed by atoms with van der Waals surface area (Å²) in [6.07, 6.45) is 9.61. The third-order valence-electron chi connectivity index (χ3n) is 3.20. The van der Waals surface area contributed by atoms with Gasteiger partial charge in [0.05, 0.1) is 0 Å². The summed E-state index contributed by atoms with van der Waals surface area (Å²) in [5.74, 6) is 3.38. The zero-order valence-electron chi connectivity index (χ0n) is 9.21. The summed E-state index contributed by atoms with van der Waals surface area (Å²) in [5.41, 5.74) is 6.05. The van der Waals surface area contributed by atoms with Gasteiger partial charge < -0.3 is 10.6 Å². The second-order valence-corrected chi connectivity index (χ2v) is 4.23. The molecule has 0 spiro atoms. The van der Waals surface area contributed by atoms with E-state index >= 15 is 0 Å². The molecular weight excluding hydrogens is 172 g/mol. The average molecular weight is 194 g/mol. The fourth-order valence-electron chi connectivity index (χ4n) is 2.17. The molecule has 1 fully saturated rings. The van der Waals surface area contributed by atoms with Gasteiger partial charge in [0, 0.05) is 19.0 Å². The number of piperidine rings is 1. The van der Waals surface area contributed by atoms with Crippen LogP contribution >= 0.6 is 0 Å². The second kappa shape index (κ2) is 6.06. The molecule has 14 heavy (non-hydrogen) atoms. The molecule has 2 nitrogen and oxygen atoms in total. The van der Waals surface area contributed by atoms with E-state index < -0.39 is 0 Å². The number of nitrogens with two attached hydrogens (primary N) is 1. The number of unbranched alkanes of at least 4 members (excludes halogenated alkanes) is 1. The van der Waals surface area contributed by atoms with E-state index in [0.29, 0.717) is 12.0 Å². The van der Waals surface area contributed by atoms with Crippen molar-refractivity contribution in [1.29, 1.82) is 0 Å². The fraction of sp³-hybridized carbons (Fsp3) is 0.833. The summed E-state index contributed by atoms with van der Waals surface area (Å²) in [4.78, 5) is 2.51. The molecule has 0 bridgehead atoms. The Balaban J connectivity index is 2.25. The highest BCUT2D eigenvalue weighted by atomic mass is 15.1. The van der Waals surface area contributed by atoms with Gasteiger partial charge in [0.15, 0.2) is 0 Å². The van der Waals surface area contributed by atoms with Gasteiger partial charge >= 0.3 is 0 Å². The number of hydrogen-bond donors (Lipinski definition) is 1. The van der Waals surface area contributed by atoms with Crippen LogP contribution in [0, 0.1) is 18.3 Å². The molecule has 2 unspecified atom stereocenters. The zero-order valence-corrected chi connectivity index (χ0v) is 9.21. The molecule has 0 aromatic heterocycles. The van der Waals surface area contributed by atoms with E-state index in [4.69, 9.17) is 12.2 Å². The van der Waals surface area contributed by atoms with E-state index in [0.717, 1.165) is 32.4 Å². The standard InChI is InChI=1S/C12H22N2/c1-3-5-6-8-14-9-7-12(13)11(4-2)10-14/h1,11-12H,4-10,13H2,2H3. The van der Waals surface area contributed by atoms with Crippen LogP contribution in [0.4, 0.5) is 0 Å². The molecule has 0 amide bonds. The zero-order chi connectivity index (χ0) is 10.4. The number of hydrogen-bond acceptors (Lipinski definition) is 2. The highest BCUT2D eigenvalue weighted by Crippen LogP contribution is 2.18. The third-order valence-corrected chi connectivity index (χ3v) is 3.20. The van der Waals surface area contributed by atoms with Crippen LogP contribution in [0.3, 0.4) is 0 Å². The number of terminal acetylenes is 1. The summed E-state index contributed by atoms with van der Waals surface area (Å²) < 4.78 is 0. The highest BCUT2D eigenvalue weighted by Gasteiger charge is 2.24. The summed E-state index contributed by atoms with van der Waals surface area (Å²) in [6.45, 7) is 5.70. The van der Waals surface area contributed by atoms with Crippen molar-refractivity contribution in [2.75, 3.05) is 19.6 Å². The molecule has 80 valence electrons. The smallest absolute Gasteiger partial charge is 0.00982 e. The van der Waals surface area contributed by atoms with Crippen molar-refractivity contribution in [2.24, 2.45) is 11.7 Å². The normalized spacial score (nSPS) is 28.6. The minimum Gasteiger partial charge on any atom is -0.327 e. The van der Waals surface area contributed by atoms with Crippen molar-refractivity contribution in [3.8, 4) is 12.3 Å². The second-order valence-electron chi connectivity index (χ2n) is 4.23. The first-order valence-corrected chi connectivity index (χ1v) is 5.69. The third kappa shape index (κ3) is 3.32. The molecule has 0 saturated carbocycles. The van der Waals surface area contributed by atoms with E-state index in [2.05, 4.69) is 17.7 Å². The summed E-state index contributed by atoms with van der Waals surface area (Å²) in [6, 6.07) is 0.420. The molecule has 0 aliphatic carbocycles. The van der Waals surface area contributed by atoms with Crippen LogP contribution in [-0.4, -0.2) is 30.6 Å². The van der Waals surface area contributed by atoms with E-state index in [1.165, 1.54) is 13.0 Å². The summed E-state index contributed by atoms with van der Waals surface area (Å²) >= 11 is 0. The molecule has 1 aliphatic heterocycles. The molecule has 1 saturated heterocycles. The minimum atomic E-state index is 0.420. The Morgan fingerprint density at radius 2 is 2.36 bits per heavy atom. The van der Waals surface area contributed by atoms with Gasteiger partial charge in [-0.2, -0.15) is 0 Å². The van der Waals surface area contributed by atoms with Gasteiger partial charge in [0.1, 0.15) is 0 Å². The highest BCUT2D eigenvalue weighted by molar-refractivity contribution is 4.85. The molecular formula is C12H22N2. The first-order valence-electron chi connectivity index (χ1n) is 5.69. The Bertz CT molecular complexity index is 195. The minimum absolute atomic E-state index is 0.420. The quantitative estimate of drug-likeness (QED) is 0.542.